The van der Waals surface area contributed by atoms with E-state index in [4.69, 9.17) is 4.52 Å². The van der Waals surface area contributed by atoms with Gasteiger partial charge in [0.25, 0.3) is 0 Å². The first-order chi connectivity index (χ1) is 14.2. The predicted octanol–water partition coefficient (Wildman–Crippen LogP) is 4.99. The molecule has 2 aromatic carbocycles. The molecule has 29 heavy (non-hydrogen) atoms. The van der Waals surface area contributed by atoms with Crippen molar-refractivity contribution in [2.45, 2.75) is 26.2 Å². The molecule has 4 aromatic rings. The molecule has 0 radical (unpaired) electrons. The number of amides is 1. The summed E-state index contributed by atoms with van der Waals surface area (Å²) in [7, 11) is 0. The first-order valence-electron chi connectivity index (χ1n) is 9.46. The molecule has 0 aliphatic carbocycles. The van der Waals surface area contributed by atoms with Crippen LogP contribution in [-0.2, 0) is 17.6 Å². The van der Waals surface area contributed by atoms with E-state index in [0.29, 0.717) is 23.3 Å². The lowest BCUT2D eigenvalue weighted by molar-refractivity contribution is -0.116. The van der Waals surface area contributed by atoms with Crippen LogP contribution in [0.1, 0.15) is 24.1 Å². The molecule has 146 valence electrons. The number of nitrogens with zero attached hydrogens (tertiary/aromatic N) is 3. The van der Waals surface area contributed by atoms with Gasteiger partial charge in [0.2, 0.25) is 17.6 Å². The van der Waals surface area contributed by atoms with Crippen LogP contribution in [0.3, 0.4) is 0 Å². The fourth-order valence-electron chi connectivity index (χ4n) is 2.93. The van der Waals surface area contributed by atoms with E-state index in [9.17, 15) is 4.79 Å². The molecule has 0 aliphatic rings. The second kappa shape index (κ2) is 8.79. The van der Waals surface area contributed by atoms with Crippen molar-refractivity contribution in [3.63, 3.8) is 0 Å². The van der Waals surface area contributed by atoms with Crippen LogP contribution in [0.25, 0.3) is 22.6 Å². The summed E-state index contributed by atoms with van der Waals surface area (Å²) in [5, 5.41) is 7.49. The first-order valence-corrected chi connectivity index (χ1v) is 10.3. The van der Waals surface area contributed by atoms with Gasteiger partial charge in [-0.3, -0.25) is 4.79 Å². The van der Waals surface area contributed by atoms with Gasteiger partial charge in [0.1, 0.15) is 0 Å². The third kappa shape index (κ3) is 4.57. The number of hydrogen-bond donors (Lipinski definition) is 1. The van der Waals surface area contributed by atoms with Crippen LogP contribution < -0.4 is 5.32 Å². The molecule has 0 atom stereocenters. The monoisotopic (exact) mass is 404 g/mol. The van der Waals surface area contributed by atoms with Crippen LogP contribution in [0, 0.1) is 0 Å². The third-order valence-corrected chi connectivity index (χ3v) is 5.49. The van der Waals surface area contributed by atoms with Crippen LogP contribution in [0.5, 0.6) is 0 Å². The SMILES string of the molecule is CCc1sc(NC(=O)CCc2nc(-c3ccccc3)no2)nc1-c1ccccc1. The zero-order valence-electron chi connectivity index (χ0n) is 16.0. The number of anilines is 1. The minimum Gasteiger partial charge on any atom is -0.339 e. The Bertz CT molecular complexity index is 1090. The van der Waals surface area contributed by atoms with E-state index in [1.165, 1.54) is 11.3 Å². The number of benzene rings is 2. The summed E-state index contributed by atoms with van der Waals surface area (Å²) in [6, 6.07) is 19.6. The Morgan fingerprint density at radius 3 is 2.38 bits per heavy atom. The van der Waals surface area contributed by atoms with Gasteiger partial charge in [-0.25, -0.2) is 4.98 Å². The van der Waals surface area contributed by atoms with Gasteiger partial charge < -0.3 is 9.84 Å². The van der Waals surface area contributed by atoms with Crippen LogP contribution in [0.4, 0.5) is 5.13 Å². The quantitative estimate of drug-likeness (QED) is 0.469. The molecule has 2 heterocycles. The summed E-state index contributed by atoms with van der Waals surface area (Å²) in [6.45, 7) is 2.09. The summed E-state index contributed by atoms with van der Waals surface area (Å²) in [4.78, 5) is 22.5. The maximum Gasteiger partial charge on any atom is 0.227 e. The fraction of sp³-hybridized carbons (Fsp3) is 0.182. The highest BCUT2D eigenvalue weighted by atomic mass is 32.1. The van der Waals surface area contributed by atoms with E-state index in [-0.39, 0.29) is 12.3 Å². The van der Waals surface area contributed by atoms with Gasteiger partial charge in [0.05, 0.1) is 5.69 Å². The van der Waals surface area contributed by atoms with Gasteiger partial charge in [-0.2, -0.15) is 4.98 Å². The standard InChI is InChI=1S/C22H20N4O2S/c1-2-17-20(15-9-5-3-6-10-15)25-22(29-17)23-18(27)13-14-19-24-21(26-28-19)16-11-7-4-8-12-16/h3-12H,2,13-14H2,1H3,(H,23,25,27). The highest BCUT2D eigenvalue weighted by Crippen LogP contribution is 2.31. The molecule has 4 rings (SSSR count). The largest absolute Gasteiger partial charge is 0.339 e. The second-order valence-electron chi connectivity index (χ2n) is 6.44. The molecule has 7 heteroatoms. The second-order valence-corrected chi connectivity index (χ2v) is 7.52. The number of carbonyl (C=O) groups excluding carboxylic acids is 1. The average Bonchev–Trinajstić information content (AvgIpc) is 3.40. The van der Waals surface area contributed by atoms with Gasteiger partial charge in [-0.15, -0.1) is 11.3 Å². The predicted molar refractivity (Wildman–Crippen MR) is 114 cm³/mol. The molecule has 2 aromatic heterocycles. The van der Waals surface area contributed by atoms with Crippen LogP contribution in [0.15, 0.2) is 65.2 Å². The minimum atomic E-state index is -0.125. The van der Waals surface area contributed by atoms with E-state index >= 15 is 0 Å². The topological polar surface area (TPSA) is 80.9 Å². The molecule has 6 nitrogen and oxygen atoms in total. The van der Waals surface area contributed by atoms with Gasteiger partial charge in [-0.1, -0.05) is 72.7 Å². The molecule has 0 aliphatic heterocycles. The summed E-state index contributed by atoms with van der Waals surface area (Å²) >= 11 is 1.51. The molecular formula is C22H20N4O2S. The van der Waals surface area contributed by atoms with Gasteiger partial charge in [-0.05, 0) is 6.42 Å². The Kier molecular flexibility index (Phi) is 5.76. The third-order valence-electron chi connectivity index (χ3n) is 4.38. The molecule has 0 unspecified atom stereocenters. The van der Waals surface area contributed by atoms with Gasteiger partial charge >= 0.3 is 0 Å². The highest BCUT2D eigenvalue weighted by Gasteiger charge is 2.15. The Labute approximate surface area is 172 Å². The smallest absolute Gasteiger partial charge is 0.227 e. The molecule has 0 spiro atoms. The molecule has 0 bridgehead atoms. The van der Waals surface area contributed by atoms with Crippen molar-refractivity contribution in [1.82, 2.24) is 15.1 Å². The number of nitrogens with one attached hydrogen (secondary N) is 1. The van der Waals surface area contributed by atoms with Crippen molar-refractivity contribution in [2.75, 3.05) is 5.32 Å². The van der Waals surface area contributed by atoms with Crippen molar-refractivity contribution in [2.24, 2.45) is 0 Å². The van der Waals surface area contributed by atoms with Crippen molar-refractivity contribution in [1.29, 1.82) is 0 Å². The van der Waals surface area contributed by atoms with Gasteiger partial charge in [0.15, 0.2) is 5.13 Å². The number of aryl methyl sites for hydroxylation is 2. The maximum atomic E-state index is 12.4. The molecular weight excluding hydrogens is 384 g/mol. The first kappa shape index (κ1) is 19.0. The number of thiazole rings is 1. The molecule has 1 N–H and O–H groups in total. The maximum absolute atomic E-state index is 12.4. The van der Waals surface area contributed by atoms with Gasteiger partial charge in [0, 0.05) is 28.8 Å². The molecule has 1 amide bonds. The number of rotatable bonds is 7. The van der Waals surface area contributed by atoms with Crippen LogP contribution >= 0.6 is 11.3 Å². The van der Waals surface area contributed by atoms with Crippen molar-refractivity contribution >= 4 is 22.4 Å². The van der Waals surface area contributed by atoms with Crippen molar-refractivity contribution < 1.29 is 9.32 Å². The minimum absolute atomic E-state index is 0.125. The average molecular weight is 404 g/mol. The lowest BCUT2D eigenvalue weighted by Gasteiger charge is -1.99. The molecule has 0 saturated heterocycles. The summed E-state index contributed by atoms with van der Waals surface area (Å²) < 4.78 is 5.26. The zero-order valence-corrected chi connectivity index (χ0v) is 16.8. The summed E-state index contributed by atoms with van der Waals surface area (Å²) in [5.41, 5.74) is 2.87. The number of aromatic nitrogens is 3. The Morgan fingerprint density at radius 2 is 1.69 bits per heavy atom. The van der Waals surface area contributed by atoms with E-state index < -0.39 is 0 Å². The Balaban J connectivity index is 1.38. The zero-order chi connectivity index (χ0) is 20.1. The summed E-state index contributed by atoms with van der Waals surface area (Å²) in [6.07, 6.45) is 1.49. The molecule has 0 fully saturated rings. The Morgan fingerprint density at radius 1 is 1.00 bits per heavy atom. The lowest BCUT2D eigenvalue weighted by Crippen LogP contribution is -2.12. The van der Waals surface area contributed by atoms with Crippen molar-refractivity contribution in [3.8, 4) is 22.6 Å². The fourth-order valence-corrected chi connectivity index (χ4v) is 3.87. The van der Waals surface area contributed by atoms with E-state index in [0.717, 1.165) is 28.1 Å². The van der Waals surface area contributed by atoms with Crippen molar-refractivity contribution in [3.05, 3.63) is 71.4 Å². The lowest BCUT2D eigenvalue weighted by atomic mass is 10.1. The Hall–Kier alpha value is -3.32. The van der Waals surface area contributed by atoms with E-state index in [1.807, 2.05) is 60.7 Å². The van der Waals surface area contributed by atoms with E-state index in [2.05, 4.69) is 27.4 Å². The molecule has 0 saturated carbocycles. The summed E-state index contributed by atoms with van der Waals surface area (Å²) in [5.74, 6) is 0.846. The van der Waals surface area contributed by atoms with Crippen LogP contribution in [-0.4, -0.2) is 21.0 Å². The normalized spacial score (nSPS) is 10.8. The number of carbonyl (C=O) groups is 1. The highest BCUT2D eigenvalue weighted by molar-refractivity contribution is 7.16. The number of hydrogen-bond acceptors (Lipinski definition) is 6. The van der Waals surface area contributed by atoms with Crippen LogP contribution in [0.2, 0.25) is 0 Å². The van der Waals surface area contributed by atoms with E-state index in [1.54, 1.807) is 0 Å².